The van der Waals surface area contributed by atoms with Gasteiger partial charge in [0.05, 0.1) is 5.56 Å². The Kier molecular flexibility index (Phi) is 4.33. The van der Waals surface area contributed by atoms with Crippen molar-refractivity contribution in [2.24, 2.45) is 0 Å². The van der Waals surface area contributed by atoms with Crippen LogP contribution in [0.15, 0.2) is 40.9 Å². The summed E-state index contributed by atoms with van der Waals surface area (Å²) in [6.45, 7) is 5.37. The highest BCUT2D eigenvalue weighted by atomic mass is 79.9. The Morgan fingerprint density at radius 3 is 2.44 bits per heavy atom. The number of carboxylic acids is 1. The Balaban J connectivity index is 2.21. The van der Waals surface area contributed by atoms with Crippen molar-refractivity contribution in [3.63, 3.8) is 0 Å². The van der Waals surface area contributed by atoms with Gasteiger partial charge < -0.3 is 14.6 Å². The zero-order chi connectivity index (χ0) is 18.4. The number of para-hydroxylation sites is 1. The van der Waals surface area contributed by atoms with Gasteiger partial charge in [-0.15, -0.1) is 0 Å². The van der Waals surface area contributed by atoms with E-state index in [0.29, 0.717) is 27.1 Å². The van der Waals surface area contributed by atoms with Crippen LogP contribution < -0.4 is 4.74 Å². The second-order valence-corrected chi connectivity index (χ2v) is 7.54. The maximum Gasteiger partial charge on any atom is 0.336 e. The first-order chi connectivity index (χ1) is 11.7. The Labute approximate surface area is 153 Å². The summed E-state index contributed by atoms with van der Waals surface area (Å²) in [7, 11) is 0. The van der Waals surface area contributed by atoms with Crippen molar-refractivity contribution >= 4 is 27.9 Å². The molecule has 1 aliphatic heterocycles. The lowest BCUT2D eigenvalue weighted by Gasteiger charge is -2.30. The molecule has 0 bridgehead atoms. The predicted molar refractivity (Wildman–Crippen MR) is 95.3 cm³/mol. The Bertz CT molecular complexity index is 867. The number of esters is 1. The molecule has 3 rings (SSSR count). The van der Waals surface area contributed by atoms with Crippen LogP contribution in [-0.2, 0) is 9.53 Å². The highest BCUT2D eigenvalue weighted by Gasteiger charge is 2.38. The second-order valence-electron chi connectivity index (χ2n) is 6.75. The first kappa shape index (κ1) is 17.5. The standard InChI is InChI=1S/C19H17BrO5/c1-19(2,3)25-18(23)14-10-6-4-5-7-12(10)24-13-9-8-11(17(21)22)16(20)15(13)14/h4-9,14H,1-3H3,(H,21,22). The molecule has 0 aromatic heterocycles. The third kappa shape index (κ3) is 3.26. The van der Waals surface area contributed by atoms with E-state index in [1.807, 2.05) is 6.07 Å². The SMILES string of the molecule is CC(C)(C)OC(=O)C1c2ccccc2Oc2ccc(C(=O)O)c(Br)c21. The Hall–Kier alpha value is -2.34. The summed E-state index contributed by atoms with van der Waals surface area (Å²) in [5.41, 5.74) is 0.511. The number of benzene rings is 2. The molecule has 0 radical (unpaired) electrons. The molecule has 130 valence electrons. The highest BCUT2D eigenvalue weighted by molar-refractivity contribution is 9.10. The van der Waals surface area contributed by atoms with E-state index in [1.165, 1.54) is 6.07 Å². The molecule has 1 heterocycles. The summed E-state index contributed by atoms with van der Waals surface area (Å²) in [5.74, 6) is -1.32. The van der Waals surface area contributed by atoms with Crippen molar-refractivity contribution in [3.8, 4) is 11.5 Å². The number of rotatable bonds is 2. The monoisotopic (exact) mass is 404 g/mol. The molecule has 0 saturated heterocycles. The normalized spacial score (nSPS) is 15.6. The minimum Gasteiger partial charge on any atom is -0.478 e. The van der Waals surface area contributed by atoms with Gasteiger partial charge in [-0.3, -0.25) is 4.79 Å². The van der Waals surface area contributed by atoms with Crippen LogP contribution in [0.4, 0.5) is 0 Å². The molecule has 2 aromatic rings. The van der Waals surface area contributed by atoms with Crippen LogP contribution >= 0.6 is 15.9 Å². The molecule has 1 unspecified atom stereocenters. The Morgan fingerprint density at radius 2 is 1.80 bits per heavy atom. The van der Waals surface area contributed by atoms with Crippen LogP contribution in [0, 0.1) is 0 Å². The molecule has 6 heteroatoms. The number of carbonyl (C=O) groups excluding carboxylic acids is 1. The van der Waals surface area contributed by atoms with Gasteiger partial charge in [0.15, 0.2) is 0 Å². The summed E-state index contributed by atoms with van der Waals surface area (Å²) in [6, 6.07) is 10.2. The van der Waals surface area contributed by atoms with Crippen LogP contribution in [0.1, 0.15) is 48.2 Å². The number of aromatic carboxylic acids is 1. The molecule has 0 aliphatic carbocycles. The summed E-state index contributed by atoms with van der Waals surface area (Å²) >= 11 is 3.34. The smallest absolute Gasteiger partial charge is 0.336 e. The number of hydrogen-bond donors (Lipinski definition) is 1. The Morgan fingerprint density at radius 1 is 1.12 bits per heavy atom. The molecule has 2 aromatic carbocycles. The van der Waals surface area contributed by atoms with Crippen molar-refractivity contribution in [1.29, 1.82) is 0 Å². The van der Waals surface area contributed by atoms with Gasteiger partial charge in [0.1, 0.15) is 23.0 Å². The van der Waals surface area contributed by atoms with Gasteiger partial charge in [-0.1, -0.05) is 18.2 Å². The fraction of sp³-hybridized carbons (Fsp3) is 0.263. The van der Waals surface area contributed by atoms with Gasteiger partial charge in [-0.25, -0.2) is 4.79 Å². The minimum absolute atomic E-state index is 0.0651. The average molecular weight is 405 g/mol. The third-order valence-electron chi connectivity index (χ3n) is 3.75. The van der Waals surface area contributed by atoms with Crippen molar-refractivity contribution in [1.82, 2.24) is 0 Å². The van der Waals surface area contributed by atoms with Gasteiger partial charge in [0.2, 0.25) is 0 Å². The van der Waals surface area contributed by atoms with Crippen molar-refractivity contribution in [2.75, 3.05) is 0 Å². The van der Waals surface area contributed by atoms with Gasteiger partial charge in [-0.2, -0.15) is 0 Å². The topological polar surface area (TPSA) is 72.8 Å². The lowest BCUT2D eigenvalue weighted by atomic mass is 9.87. The molecule has 1 N–H and O–H groups in total. The average Bonchev–Trinajstić information content (AvgIpc) is 2.51. The van der Waals surface area contributed by atoms with Crippen LogP contribution in [-0.4, -0.2) is 22.6 Å². The molecule has 25 heavy (non-hydrogen) atoms. The van der Waals surface area contributed by atoms with Gasteiger partial charge in [-0.05, 0) is 54.9 Å². The summed E-state index contributed by atoms with van der Waals surface area (Å²) < 4.78 is 11.8. The first-order valence-corrected chi connectivity index (χ1v) is 8.53. The van der Waals surface area contributed by atoms with Crippen molar-refractivity contribution in [3.05, 3.63) is 57.6 Å². The fourth-order valence-corrected chi connectivity index (χ4v) is 3.52. The quantitative estimate of drug-likeness (QED) is 0.732. The minimum atomic E-state index is -1.09. The van der Waals surface area contributed by atoms with Crippen molar-refractivity contribution < 1.29 is 24.2 Å². The zero-order valence-electron chi connectivity index (χ0n) is 14.0. The lowest BCUT2D eigenvalue weighted by Crippen LogP contribution is -2.30. The van der Waals surface area contributed by atoms with E-state index < -0.39 is 23.5 Å². The van der Waals surface area contributed by atoms with Crippen molar-refractivity contribution in [2.45, 2.75) is 32.3 Å². The highest BCUT2D eigenvalue weighted by Crippen LogP contribution is 2.48. The van der Waals surface area contributed by atoms with E-state index in [4.69, 9.17) is 9.47 Å². The molecular formula is C19H17BrO5. The second kappa shape index (κ2) is 6.19. The van der Waals surface area contributed by atoms with E-state index in [2.05, 4.69) is 15.9 Å². The molecular weight excluding hydrogens is 388 g/mol. The fourth-order valence-electron chi connectivity index (χ4n) is 2.79. The zero-order valence-corrected chi connectivity index (χ0v) is 15.6. The lowest BCUT2D eigenvalue weighted by molar-refractivity contribution is -0.155. The maximum atomic E-state index is 12.9. The van der Waals surface area contributed by atoms with E-state index in [1.54, 1.807) is 45.0 Å². The van der Waals surface area contributed by atoms with Gasteiger partial charge in [0, 0.05) is 15.6 Å². The van der Waals surface area contributed by atoms with Crippen LogP contribution in [0.5, 0.6) is 11.5 Å². The predicted octanol–water partition coefficient (Wildman–Crippen LogP) is 4.73. The molecule has 5 nitrogen and oxygen atoms in total. The van der Waals surface area contributed by atoms with Gasteiger partial charge in [0.25, 0.3) is 0 Å². The molecule has 1 aliphatic rings. The maximum absolute atomic E-state index is 12.9. The molecule has 1 atom stereocenters. The third-order valence-corrected chi connectivity index (χ3v) is 4.61. The van der Waals surface area contributed by atoms with Crippen LogP contribution in [0.2, 0.25) is 0 Å². The summed E-state index contributed by atoms with van der Waals surface area (Å²) in [6.07, 6.45) is 0. The van der Waals surface area contributed by atoms with E-state index in [-0.39, 0.29) is 5.56 Å². The molecule has 0 spiro atoms. The number of hydrogen-bond acceptors (Lipinski definition) is 4. The van der Waals surface area contributed by atoms with Crippen LogP contribution in [0.3, 0.4) is 0 Å². The number of halogens is 1. The first-order valence-electron chi connectivity index (χ1n) is 7.74. The van der Waals surface area contributed by atoms with E-state index in [0.717, 1.165) is 0 Å². The largest absolute Gasteiger partial charge is 0.478 e. The molecule has 0 amide bonds. The number of carbonyl (C=O) groups is 2. The van der Waals surface area contributed by atoms with E-state index in [9.17, 15) is 14.7 Å². The number of ether oxygens (including phenoxy) is 2. The van der Waals surface area contributed by atoms with E-state index >= 15 is 0 Å². The summed E-state index contributed by atoms with van der Waals surface area (Å²) in [5, 5.41) is 9.39. The number of carboxylic acid groups (broad SMARTS) is 1. The molecule has 0 saturated carbocycles. The number of fused-ring (bicyclic) bond motifs is 2. The van der Waals surface area contributed by atoms with Gasteiger partial charge >= 0.3 is 11.9 Å². The summed E-state index contributed by atoms with van der Waals surface area (Å²) in [4.78, 5) is 24.4. The molecule has 0 fully saturated rings. The van der Waals surface area contributed by atoms with Crippen LogP contribution in [0.25, 0.3) is 0 Å².